The van der Waals surface area contributed by atoms with E-state index in [4.69, 9.17) is 9.47 Å². The molecule has 0 saturated carbocycles. The molecule has 0 radical (unpaired) electrons. The second kappa shape index (κ2) is 10.4. The van der Waals surface area contributed by atoms with Crippen molar-refractivity contribution in [1.82, 2.24) is 10.6 Å². The molecule has 6 heteroatoms. The van der Waals surface area contributed by atoms with Gasteiger partial charge in [0.1, 0.15) is 5.82 Å². The van der Waals surface area contributed by atoms with Crippen molar-refractivity contribution in [1.29, 1.82) is 0 Å². The van der Waals surface area contributed by atoms with Gasteiger partial charge in [0.25, 0.3) is 0 Å². The van der Waals surface area contributed by atoms with E-state index in [0.29, 0.717) is 31.3 Å². The van der Waals surface area contributed by atoms with Gasteiger partial charge in [0.2, 0.25) is 0 Å². The first-order chi connectivity index (χ1) is 12.1. The van der Waals surface area contributed by atoms with Gasteiger partial charge in [-0.25, -0.2) is 4.39 Å². The monoisotopic (exact) mass is 351 g/mol. The smallest absolute Gasteiger partial charge is 0.191 e. The fraction of sp³-hybridized carbons (Fsp3) is 0.632. The van der Waals surface area contributed by atoms with Gasteiger partial charge in [0.05, 0.1) is 31.9 Å². The maximum atomic E-state index is 13.7. The maximum absolute atomic E-state index is 13.7. The molecule has 5 nitrogen and oxygen atoms in total. The number of guanidine groups is 1. The minimum Gasteiger partial charge on any atom is -0.377 e. The Bertz CT molecular complexity index is 560. The molecule has 1 saturated heterocycles. The molecule has 0 aromatic heterocycles. The second-order valence-electron chi connectivity index (χ2n) is 6.35. The quantitative estimate of drug-likeness (QED) is 0.430. The zero-order valence-electron chi connectivity index (χ0n) is 15.5. The van der Waals surface area contributed by atoms with Gasteiger partial charge in [-0.15, -0.1) is 0 Å². The van der Waals surface area contributed by atoms with Crippen LogP contribution in [0.4, 0.5) is 4.39 Å². The summed E-state index contributed by atoms with van der Waals surface area (Å²) in [4.78, 5) is 4.52. The predicted octanol–water partition coefficient (Wildman–Crippen LogP) is 2.95. The van der Waals surface area contributed by atoms with Crippen molar-refractivity contribution in [3.8, 4) is 0 Å². The van der Waals surface area contributed by atoms with Crippen LogP contribution in [0.2, 0.25) is 0 Å². The van der Waals surface area contributed by atoms with E-state index in [1.807, 2.05) is 19.9 Å². The minimum absolute atomic E-state index is 0.0410. The molecule has 2 N–H and O–H groups in total. The molecule has 1 heterocycles. The van der Waals surface area contributed by atoms with E-state index >= 15 is 0 Å². The zero-order valence-corrected chi connectivity index (χ0v) is 15.5. The predicted molar refractivity (Wildman–Crippen MR) is 98.5 cm³/mol. The fourth-order valence-electron chi connectivity index (χ4n) is 2.70. The van der Waals surface area contributed by atoms with Crippen molar-refractivity contribution in [3.63, 3.8) is 0 Å². The van der Waals surface area contributed by atoms with Gasteiger partial charge in [0.15, 0.2) is 5.96 Å². The Hall–Kier alpha value is -1.66. The van der Waals surface area contributed by atoms with E-state index in [0.717, 1.165) is 31.6 Å². The highest BCUT2D eigenvalue weighted by atomic mass is 19.1. The first-order valence-electron chi connectivity index (χ1n) is 9.10. The Morgan fingerprint density at radius 1 is 1.48 bits per heavy atom. The Morgan fingerprint density at radius 2 is 2.32 bits per heavy atom. The third-order valence-corrected chi connectivity index (χ3v) is 4.23. The van der Waals surface area contributed by atoms with Gasteiger partial charge < -0.3 is 20.1 Å². The van der Waals surface area contributed by atoms with Crippen LogP contribution in [0.3, 0.4) is 0 Å². The van der Waals surface area contributed by atoms with Crippen molar-refractivity contribution in [2.45, 2.75) is 45.8 Å². The van der Waals surface area contributed by atoms with Crippen LogP contribution in [-0.4, -0.2) is 45.0 Å². The summed E-state index contributed by atoms with van der Waals surface area (Å²) in [6.07, 6.45) is 2.45. The van der Waals surface area contributed by atoms with Crippen LogP contribution in [-0.2, 0) is 9.47 Å². The summed E-state index contributed by atoms with van der Waals surface area (Å²) in [5.41, 5.74) is 1.54. The number of hydrogen-bond acceptors (Lipinski definition) is 3. The summed E-state index contributed by atoms with van der Waals surface area (Å²) in [6, 6.07) is 5.26. The Labute approximate surface area is 150 Å². The average molecular weight is 351 g/mol. The zero-order chi connectivity index (χ0) is 18.1. The molecule has 0 aliphatic carbocycles. The lowest BCUT2D eigenvalue weighted by molar-refractivity contribution is 0.0200. The summed E-state index contributed by atoms with van der Waals surface area (Å²) in [5.74, 6) is 0.521. The number of benzene rings is 1. The van der Waals surface area contributed by atoms with Crippen LogP contribution in [0.5, 0.6) is 0 Å². The van der Waals surface area contributed by atoms with Gasteiger partial charge in [-0.05, 0) is 50.8 Å². The van der Waals surface area contributed by atoms with Crippen LogP contribution in [0.25, 0.3) is 0 Å². The van der Waals surface area contributed by atoms with Crippen LogP contribution in [0, 0.1) is 12.7 Å². The number of aliphatic imine (C=N–C) groups is 1. The molecular formula is C19H30FN3O2. The van der Waals surface area contributed by atoms with Gasteiger partial charge in [0, 0.05) is 13.2 Å². The molecule has 25 heavy (non-hydrogen) atoms. The summed E-state index contributed by atoms with van der Waals surface area (Å²) in [5, 5.41) is 6.51. The summed E-state index contributed by atoms with van der Waals surface area (Å²) < 4.78 is 24.9. The standard InChI is InChI=1S/C19H30FN3O2/c1-4-21-19(22-9-11-24-13-17-6-5-10-25-17)23-15(3)16-8-7-14(2)18(20)12-16/h7-8,12,15,17H,4-6,9-11,13H2,1-3H3,(H2,21,22,23). The van der Waals surface area contributed by atoms with E-state index in [-0.39, 0.29) is 18.0 Å². The Balaban J connectivity index is 1.80. The third kappa shape index (κ3) is 6.63. The molecule has 2 unspecified atom stereocenters. The van der Waals surface area contributed by atoms with E-state index in [1.165, 1.54) is 0 Å². The SMILES string of the molecule is CCNC(=NCCOCC1CCCO1)NC(C)c1ccc(C)c(F)c1. The summed E-state index contributed by atoms with van der Waals surface area (Å²) in [6.45, 7) is 9.14. The molecule has 1 fully saturated rings. The van der Waals surface area contributed by atoms with Crippen molar-refractivity contribution < 1.29 is 13.9 Å². The minimum atomic E-state index is -0.185. The maximum Gasteiger partial charge on any atom is 0.191 e. The normalized spacial score (nSPS) is 19.0. The molecule has 1 aromatic carbocycles. The molecule has 2 atom stereocenters. The number of halogens is 1. The number of aryl methyl sites for hydroxylation is 1. The van der Waals surface area contributed by atoms with E-state index in [9.17, 15) is 4.39 Å². The number of ether oxygens (including phenoxy) is 2. The highest BCUT2D eigenvalue weighted by Gasteiger charge is 2.15. The molecule has 140 valence electrons. The second-order valence-corrected chi connectivity index (χ2v) is 6.35. The van der Waals surface area contributed by atoms with Crippen molar-refractivity contribution in [2.24, 2.45) is 4.99 Å². The van der Waals surface area contributed by atoms with E-state index in [1.54, 1.807) is 19.1 Å². The number of nitrogens with zero attached hydrogens (tertiary/aromatic N) is 1. The lowest BCUT2D eigenvalue weighted by Crippen LogP contribution is -2.39. The molecular weight excluding hydrogens is 321 g/mol. The Kier molecular flexibility index (Phi) is 8.15. The molecule has 1 aliphatic rings. The average Bonchev–Trinajstić information content (AvgIpc) is 3.10. The fourth-order valence-corrected chi connectivity index (χ4v) is 2.70. The number of nitrogens with one attached hydrogen (secondary N) is 2. The van der Waals surface area contributed by atoms with Gasteiger partial charge in [-0.3, -0.25) is 4.99 Å². The molecule has 0 amide bonds. The number of hydrogen-bond donors (Lipinski definition) is 2. The van der Waals surface area contributed by atoms with Crippen molar-refractivity contribution in [2.75, 3.05) is 32.9 Å². The third-order valence-electron chi connectivity index (χ3n) is 4.23. The highest BCUT2D eigenvalue weighted by molar-refractivity contribution is 5.80. The molecule has 0 spiro atoms. The lowest BCUT2D eigenvalue weighted by Gasteiger charge is -2.18. The highest BCUT2D eigenvalue weighted by Crippen LogP contribution is 2.16. The van der Waals surface area contributed by atoms with Crippen molar-refractivity contribution >= 4 is 5.96 Å². The first kappa shape index (κ1) is 19.7. The van der Waals surface area contributed by atoms with Gasteiger partial charge >= 0.3 is 0 Å². The van der Waals surface area contributed by atoms with Crippen molar-refractivity contribution in [3.05, 3.63) is 35.1 Å². The summed E-state index contributed by atoms with van der Waals surface area (Å²) in [7, 11) is 0. The summed E-state index contributed by atoms with van der Waals surface area (Å²) >= 11 is 0. The van der Waals surface area contributed by atoms with E-state index in [2.05, 4.69) is 15.6 Å². The Morgan fingerprint density at radius 3 is 3.00 bits per heavy atom. The van der Waals surface area contributed by atoms with Gasteiger partial charge in [-0.2, -0.15) is 0 Å². The van der Waals surface area contributed by atoms with Crippen LogP contribution in [0.1, 0.15) is 43.9 Å². The topological polar surface area (TPSA) is 54.9 Å². The van der Waals surface area contributed by atoms with E-state index < -0.39 is 0 Å². The molecule has 1 aliphatic heterocycles. The molecule has 2 rings (SSSR count). The first-order valence-corrected chi connectivity index (χ1v) is 9.10. The lowest BCUT2D eigenvalue weighted by atomic mass is 10.1. The number of rotatable bonds is 8. The molecule has 0 bridgehead atoms. The van der Waals surface area contributed by atoms with Crippen LogP contribution >= 0.6 is 0 Å². The van der Waals surface area contributed by atoms with Crippen LogP contribution < -0.4 is 10.6 Å². The van der Waals surface area contributed by atoms with Crippen LogP contribution in [0.15, 0.2) is 23.2 Å². The molecule has 1 aromatic rings. The van der Waals surface area contributed by atoms with Gasteiger partial charge in [-0.1, -0.05) is 12.1 Å². The largest absolute Gasteiger partial charge is 0.377 e.